The number of benzene rings is 2. The number of carboxylic acid groups (broad SMARTS) is 1. The van der Waals surface area contributed by atoms with Crippen LogP contribution in [0, 0.1) is 0 Å². The van der Waals surface area contributed by atoms with Gasteiger partial charge in [-0.3, -0.25) is 9.36 Å². The number of hydrogen-bond acceptors (Lipinski definition) is 5. The summed E-state index contributed by atoms with van der Waals surface area (Å²) in [4.78, 5) is 30.9. The van der Waals surface area contributed by atoms with Gasteiger partial charge in [-0.2, -0.15) is 4.98 Å². The molecule has 2 fully saturated rings. The molecule has 3 aromatic rings. The van der Waals surface area contributed by atoms with Crippen molar-refractivity contribution in [3.05, 3.63) is 68.7 Å². The zero-order valence-corrected chi connectivity index (χ0v) is 21.7. The Balaban J connectivity index is 1.33. The minimum absolute atomic E-state index is 0.207. The number of ether oxygens (including phenoxy) is 1. The maximum absolute atomic E-state index is 13.2. The number of hydrogen-bond donors (Lipinski definition) is 1. The third kappa shape index (κ3) is 4.27. The van der Waals surface area contributed by atoms with E-state index in [-0.39, 0.29) is 17.6 Å². The van der Waals surface area contributed by atoms with E-state index in [0.29, 0.717) is 22.9 Å². The lowest BCUT2D eigenvalue weighted by Gasteiger charge is -2.34. The molecule has 0 bridgehead atoms. The van der Waals surface area contributed by atoms with Gasteiger partial charge in [0.1, 0.15) is 12.4 Å². The first-order valence-corrected chi connectivity index (χ1v) is 13.7. The van der Waals surface area contributed by atoms with Crippen LogP contribution >= 0.6 is 11.6 Å². The van der Waals surface area contributed by atoms with Crippen LogP contribution in [0.2, 0.25) is 5.02 Å². The molecule has 7 nitrogen and oxygen atoms in total. The standard InChI is InChI=1S/C29H32ClN3O4/c30-22-5-4-6-23-26(22)27(36)31-28-29(11-2-1-3-12-29)21-8-7-20(17-24(21)33(23)28)19-9-13-32(14-10-19)15-16-37-18-25(34)35/h4-8,17,19H,1-3,9-16,18H2,(H,34,35). The molecule has 3 aliphatic rings. The number of carbonyl (C=O) groups is 1. The Bertz CT molecular complexity index is 1400. The average Bonchev–Trinajstić information content (AvgIpc) is 3.16. The maximum Gasteiger partial charge on any atom is 0.329 e. The molecule has 2 aromatic carbocycles. The van der Waals surface area contributed by atoms with Crippen LogP contribution in [0.15, 0.2) is 41.2 Å². The number of rotatable bonds is 6. The minimum atomic E-state index is -0.929. The van der Waals surface area contributed by atoms with Crippen molar-refractivity contribution < 1.29 is 14.6 Å². The highest BCUT2D eigenvalue weighted by atomic mass is 35.5. The lowest BCUT2D eigenvalue weighted by molar-refractivity contribution is -0.142. The van der Waals surface area contributed by atoms with Crippen molar-refractivity contribution in [2.24, 2.45) is 0 Å². The summed E-state index contributed by atoms with van der Waals surface area (Å²) >= 11 is 6.50. The second-order valence-electron chi connectivity index (χ2n) is 10.7. The third-order valence-corrected chi connectivity index (χ3v) is 8.93. The molecule has 2 aliphatic heterocycles. The Kier molecular flexibility index (Phi) is 6.55. The smallest absolute Gasteiger partial charge is 0.329 e. The van der Waals surface area contributed by atoms with Crippen molar-refractivity contribution >= 4 is 28.5 Å². The second kappa shape index (κ2) is 9.86. The number of piperidine rings is 1. The van der Waals surface area contributed by atoms with E-state index in [9.17, 15) is 9.59 Å². The van der Waals surface area contributed by atoms with Crippen LogP contribution in [0.1, 0.15) is 67.8 Å². The predicted molar refractivity (Wildman–Crippen MR) is 143 cm³/mol. The van der Waals surface area contributed by atoms with Gasteiger partial charge in [0.2, 0.25) is 0 Å². The molecule has 0 radical (unpaired) electrons. The molecule has 1 N–H and O–H groups in total. The van der Waals surface area contributed by atoms with Gasteiger partial charge in [-0.05, 0) is 74.0 Å². The van der Waals surface area contributed by atoms with Crippen molar-refractivity contribution in [3.63, 3.8) is 0 Å². The predicted octanol–water partition coefficient (Wildman–Crippen LogP) is 4.88. The lowest BCUT2D eigenvalue weighted by Crippen LogP contribution is -2.35. The zero-order chi connectivity index (χ0) is 25.6. The molecule has 8 heteroatoms. The highest BCUT2D eigenvalue weighted by Crippen LogP contribution is 2.52. The SMILES string of the molecule is O=C(O)COCCN1CCC(c2ccc3c(c2)-n2c(nc(=O)c4c(Cl)cccc42)C32CCCCC2)CC1. The van der Waals surface area contributed by atoms with E-state index in [1.165, 1.54) is 17.5 Å². The molecule has 1 spiro atoms. The highest BCUT2D eigenvalue weighted by molar-refractivity contribution is 6.35. The maximum atomic E-state index is 13.2. The fourth-order valence-corrected chi connectivity index (χ4v) is 7.05. The molecule has 37 heavy (non-hydrogen) atoms. The molecule has 1 aliphatic carbocycles. The van der Waals surface area contributed by atoms with Crippen molar-refractivity contribution in [3.8, 4) is 5.69 Å². The summed E-state index contributed by atoms with van der Waals surface area (Å²) in [5, 5.41) is 9.69. The van der Waals surface area contributed by atoms with Gasteiger partial charge < -0.3 is 14.7 Å². The number of halogens is 1. The third-order valence-electron chi connectivity index (χ3n) is 8.62. The van der Waals surface area contributed by atoms with Crippen molar-refractivity contribution in [2.75, 3.05) is 32.8 Å². The van der Waals surface area contributed by atoms with E-state index in [4.69, 9.17) is 26.4 Å². The van der Waals surface area contributed by atoms with Gasteiger partial charge in [0, 0.05) is 6.54 Å². The molecule has 1 saturated heterocycles. The van der Waals surface area contributed by atoms with Gasteiger partial charge in [-0.1, -0.05) is 49.1 Å². The second-order valence-corrected chi connectivity index (χ2v) is 11.1. The fourth-order valence-electron chi connectivity index (χ4n) is 6.80. The average molecular weight is 522 g/mol. The van der Waals surface area contributed by atoms with Gasteiger partial charge in [0.15, 0.2) is 0 Å². The van der Waals surface area contributed by atoms with E-state index < -0.39 is 5.97 Å². The van der Waals surface area contributed by atoms with Crippen LogP contribution < -0.4 is 5.56 Å². The summed E-state index contributed by atoms with van der Waals surface area (Å²) in [5.41, 5.74) is 4.18. The normalized spacial score (nSPS) is 19.3. The monoisotopic (exact) mass is 521 g/mol. The largest absolute Gasteiger partial charge is 0.480 e. The topological polar surface area (TPSA) is 84.7 Å². The molecular formula is C29H32ClN3O4. The van der Waals surface area contributed by atoms with Crippen LogP contribution in [0.25, 0.3) is 16.6 Å². The van der Waals surface area contributed by atoms with Gasteiger partial charge >= 0.3 is 5.97 Å². The number of likely N-dealkylation sites (tertiary alicyclic amines) is 1. The molecular weight excluding hydrogens is 490 g/mol. The van der Waals surface area contributed by atoms with Crippen LogP contribution in [-0.4, -0.2) is 58.4 Å². The summed E-state index contributed by atoms with van der Waals surface area (Å²) in [7, 11) is 0. The van der Waals surface area contributed by atoms with Crippen LogP contribution in [0.4, 0.5) is 0 Å². The first kappa shape index (κ1) is 24.6. The van der Waals surface area contributed by atoms with Crippen LogP contribution in [0.3, 0.4) is 0 Å². The van der Waals surface area contributed by atoms with E-state index in [1.54, 1.807) is 6.07 Å². The Morgan fingerprint density at radius 3 is 2.68 bits per heavy atom. The molecule has 1 aromatic heterocycles. The first-order chi connectivity index (χ1) is 18.0. The summed E-state index contributed by atoms with van der Waals surface area (Å²) in [6.45, 7) is 2.88. The molecule has 6 rings (SSSR count). The Labute approximate surface area is 221 Å². The molecule has 0 amide bonds. The van der Waals surface area contributed by atoms with Crippen molar-refractivity contribution in [1.29, 1.82) is 0 Å². The summed E-state index contributed by atoms with van der Waals surface area (Å²) in [5.74, 6) is 0.409. The zero-order valence-electron chi connectivity index (χ0n) is 20.9. The van der Waals surface area contributed by atoms with Gasteiger partial charge in [0.25, 0.3) is 5.56 Å². The van der Waals surface area contributed by atoms with Crippen molar-refractivity contribution in [2.45, 2.75) is 56.3 Å². The van der Waals surface area contributed by atoms with Gasteiger partial charge in [0.05, 0.1) is 33.6 Å². The quantitative estimate of drug-likeness (QED) is 0.465. The van der Waals surface area contributed by atoms with E-state index in [2.05, 4.69) is 27.7 Å². The summed E-state index contributed by atoms with van der Waals surface area (Å²) in [6, 6.07) is 12.6. The van der Waals surface area contributed by atoms with Gasteiger partial charge in [-0.25, -0.2) is 4.79 Å². The van der Waals surface area contributed by atoms with Crippen LogP contribution in [-0.2, 0) is 14.9 Å². The Morgan fingerprint density at radius 2 is 1.92 bits per heavy atom. The number of fused-ring (bicyclic) bond motifs is 7. The lowest BCUT2D eigenvalue weighted by atomic mass is 9.69. The number of nitrogens with zero attached hydrogens (tertiary/aromatic N) is 3. The number of carboxylic acids is 1. The highest BCUT2D eigenvalue weighted by Gasteiger charge is 2.46. The van der Waals surface area contributed by atoms with E-state index >= 15 is 0 Å². The van der Waals surface area contributed by atoms with Crippen LogP contribution in [0.5, 0.6) is 0 Å². The minimum Gasteiger partial charge on any atom is -0.480 e. The fraction of sp³-hybridized carbons (Fsp3) is 0.483. The number of aliphatic carboxylic acids is 1. The molecule has 0 unspecified atom stereocenters. The Hall–Kier alpha value is -2.74. The number of aromatic nitrogens is 2. The molecule has 1 saturated carbocycles. The molecule has 194 valence electrons. The first-order valence-electron chi connectivity index (χ1n) is 13.4. The Morgan fingerprint density at radius 1 is 1.14 bits per heavy atom. The summed E-state index contributed by atoms with van der Waals surface area (Å²) in [6.07, 6.45) is 7.62. The summed E-state index contributed by atoms with van der Waals surface area (Å²) < 4.78 is 7.44. The molecule has 3 heterocycles. The van der Waals surface area contributed by atoms with E-state index in [0.717, 1.165) is 75.2 Å². The molecule has 0 atom stereocenters. The van der Waals surface area contributed by atoms with Crippen molar-refractivity contribution in [1.82, 2.24) is 14.5 Å². The van der Waals surface area contributed by atoms with E-state index in [1.807, 2.05) is 12.1 Å². The van der Waals surface area contributed by atoms with Gasteiger partial charge in [-0.15, -0.1) is 0 Å².